The van der Waals surface area contributed by atoms with Crippen LogP contribution in [0.1, 0.15) is 26.2 Å². The minimum atomic E-state index is -0.829. The van der Waals surface area contributed by atoms with E-state index in [0.29, 0.717) is 25.1 Å². The molecule has 114 valence electrons. The van der Waals surface area contributed by atoms with E-state index in [9.17, 15) is 9.59 Å². The lowest BCUT2D eigenvalue weighted by Crippen LogP contribution is -2.48. The summed E-state index contributed by atoms with van der Waals surface area (Å²) in [7, 11) is 0. The second-order valence-electron chi connectivity index (χ2n) is 5.29. The van der Waals surface area contributed by atoms with E-state index in [0.717, 1.165) is 6.42 Å². The average Bonchev–Trinajstić information content (AvgIpc) is 2.53. The van der Waals surface area contributed by atoms with Crippen molar-refractivity contribution in [2.45, 2.75) is 32.3 Å². The van der Waals surface area contributed by atoms with Crippen LogP contribution < -0.4 is 4.74 Å². The predicted molar refractivity (Wildman–Crippen MR) is 78.1 cm³/mol. The number of carboxylic acid groups (broad SMARTS) is 1. The van der Waals surface area contributed by atoms with Crippen LogP contribution in [0.25, 0.3) is 0 Å². The van der Waals surface area contributed by atoms with E-state index < -0.39 is 18.0 Å². The fourth-order valence-electron chi connectivity index (χ4n) is 2.55. The van der Waals surface area contributed by atoms with Crippen molar-refractivity contribution in [1.82, 2.24) is 4.90 Å². The Morgan fingerprint density at radius 2 is 2.10 bits per heavy atom. The number of carbonyl (C=O) groups is 2. The lowest BCUT2D eigenvalue weighted by Gasteiger charge is -2.33. The molecule has 0 aliphatic carbocycles. The Morgan fingerprint density at radius 3 is 2.71 bits per heavy atom. The highest BCUT2D eigenvalue weighted by Gasteiger charge is 2.31. The Balaban J connectivity index is 2.00. The Hall–Kier alpha value is -2.04. The number of hydrogen-bond donors (Lipinski definition) is 1. The second kappa shape index (κ2) is 7.11. The molecule has 5 nitrogen and oxygen atoms in total. The molecule has 1 saturated heterocycles. The van der Waals surface area contributed by atoms with Gasteiger partial charge in [0.2, 0.25) is 0 Å². The number of piperidine rings is 1. The molecule has 1 N–H and O–H groups in total. The minimum absolute atomic E-state index is 0.118. The summed E-state index contributed by atoms with van der Waals surface area (Å²) < 4.78 is 5.74. The summed E-state index contributed by atoms with van der Waals surface area (Å²) in [6.45, 7) is 2.78. The van der Waals surface area contributed by atoms with E-state index in [1.807, 2.05) is 37.3 Å². The Morgan fingerprint density at radius 1 is 1.38 bits per heavy atom. The normalized spacial score (nSPS) is 19.9. The largest absolute Gasteiger partial charge is 0.481 e. The second-order valence-corrected chi connectivity index (χ2v) is 5.29. The molecule has 1 amide bonds. The number of carboxylic acids is 1. The Labute approximate surface area is 124 Å². The van der Waals surface area contributed by atoms with Gasteiger partial charge >= 0.3 is 5.97 Å². The minimum Gasteiger partial charge on any atom is -0.481 e. The number of carbonyl (C=O) groups excluding carboxylic acids is 1. The van der Waals surface area contributed by atoms with Crippen molar-refractivity contribution in [3.05, 3.63) is 30.3 Å². The molecule has 1 aromatic rings. The lowest BCUT2D eigenvalue weighted by molar-refractivity contribution is -0.148. The zero-order chi connectivity index (χ0) is 15.2. The number of para-hydroxylation sites is 1. The van der Waals surface area contributed by atoms with E-state index in [2.05, 4.69) is 0 Å². The van der Waals surface area contributed by atoms with Crippen LogP contribution in [-0.4, -0.2) is 41.1 Å². The van der Waals surface area contributed by atoms with Crippen molar-refractivity contribution in [2.75, 3.05) is 13.1 Å². The fourth-order valence-corrected chi connectivity index (χ4v) is 2.55. The monoisotopic (exact) mass is 291 g/mol. The number of amides is 1. The van der Waals surface area contributed by atoms with Gasteiger partial charge in [0, 0.05) is 13.1 Å². The van der Waals surface area contributed by atoms with Crippen LogP contribution in [-0.2, 0) is 9.59 Å². The maximum atomic E-state index is 12.5. The quantitative estimate of drug-likeness (QED) is 0.903. The first-order valence-corrected chi connectivity index (χ1v) is 7.35. The van der Waals surface area contributed by atoms with Crippen LogP contribution in [0, 0.1) is 5.92 Å². The van der Waals surface area contributed by atoms with Crippen LogP contribution in [0.15, 0.2) is 30.3 Å². The molecule has 0 saturated carbocycles. The van der Waals surface area contributed by atoms with Crippen molar-refractivity contribution < 1.29 is 19.4 Å². The number of aliphatic carboxylic acids is 1. The number of hydrogen-bond acceptors (Lipinski definition) is 3. The SMILES string of the molecule is CCC(Oc1ccccc1)C(=O)N1CCC[C@@H](C(=O)O)C1. The molecule has 21 heavy (non-hydrogen) atoms. The van der Waals surface area contributed by atoms with Gasteiger partial charge in [0.05, 0.1) is 5.92 Å². The van der Waals surface area contributed by atoms with Gasteiger partial charge in [-0.15, -0.1) is 0 Å². The van der Waals surface area contributed by atoms with Gasteiger partial charge in [0.15, 0.2) is 6.10 Å². The highest BCUT2D eigenvalue weighted by Crippen LogP contribution is 2.20. The molecule has 0 radical (unpaired) electrons. The first-order valence-electron chi connectivity index (χ1n) is 7.35. The number of rotatable bonds is 5. The third-order valence-corrected chi connectivity index (χ3v) is 3.75. The summed E-state index contributed by atoms with van der Waals surface area (Å²) in [5.74, 6) is -0.752. The van der Waals surface area contributed by atoms with E-state index in [1.54, 1.807) is 4.90 Å². The smallest absolute Gasteiger partial charge is 0.308 e. The molecule has 0 bridgehead atoms. The molecule has 1 aliphatic rings. The molecule has 1 heterocycles. The molecular formula is C16H21NO4. The van der Waals surface area contributed by atoms with Crippen LogP contribution in [0.5, 0.6) is 5.75 Å². The highest BCUT2D eigenvalue weighted by molar-refractivity contribution is 5.82. The number of likely N-dealkylation sites (tertiary alicyclic amines) is 1. The topological polar surface area (TPSA) is 66.8 Å². The average molecular weight is 291 g/mol. The van der Waals surface area contributed by atoms with Crippen LogP contribution in [0.4, 0.5) is 0 Å². The molecule has 0 spiro atoms. The summed E-state index contributed by atoms with van der Waals surface area (Å²) in [6.07, 6.45) is 1.36. The standard InChI is InChI=1S/C16H21NO4/c1-2-14(21-13-8-4-3-5-9-13)15(18)17-10-6-7-12(11-17)16(19)20/h3-5,8-9,12,14H,2,6-7,10-11H2,1H3,(H,19,20)/t12-,14?/m1/s1. The molecule has 2 atom stereocenters. The van der Waals surface area contributed by atoms with Crippen LogP contribution in [0.3, 0.4) is 0 Å². The van der Waals surface area contributed by atoms with E-state index in [4.69, 9.17) is 9.84 Å². The highest BCUT2D eigenvalue weighted by atomic mass is 16.5. The van der Waals surface area contributed by atoms with Crippen molar-refractivity contribution in [1.29, 1.82) is 0 Å². The summed E-state index contributed by atoms with van der Waals surface area (Å²) in [4.78, 5) is 25.2. The molecule has 1 aromatic carbocycles. The number of nitrogens with zero attached hydrogens (tertiary/aromatic N) is 1. The maximum Gasteiger partial charge on any atom is 0.308 e. The van der Waals surface area contributed by atoms with Gasteiger partial charge in [0.1, 0.15) is 5.75 Å². The third kappa shape index (κ3) is 3.97. The molecule has 5 heteroatoms. The fraction of sp³-hybridized carbons (Fsp3) is 0.500. The van der Waals surface area contributed by atoms with Crippen LogP contribution in [0.2, 0.25) is 0 Å². The van der Waals surface area contributed by atoms with Gasteiger partial charge in [-0.3, -0.25) is 9.59 Å². The summed E-state index contributed by atoms with van der Waals surface area (Å²) in [5.41, 5.74) is 0. The predicted octanol–water partition coefficient (Wildman–Crippen LogP) is 2.17. The summed E-state index contributed by atoms with van der Waals surface area (Å²) >= 11 is 0. The molecule has 1 aliphatic heterocycles. The van der Waals surface area contributed by atoms with Gasteiger partial charge in [-0.2, -0.15) is 0 Å². The lowest BCUT2D eigenvalue weighted by atomic mass is 9.97. The van der Waals surface area contributed by atoms with Crippen molar-refractivity contribution in [3.63, 3.8) is 0 Å². The van der Waals surface area contributed by atoms with Gasteiger partial charge in [-0.1, -0.05) is 25.1 Å². The molecule has 1 fully saturated rings. The van der Waals surface area contributed by atoms with E-state index in [1.165, 1.54) is 0 Å². The van der Waals surface area contributed by atoms with Gasteiger partial charge in [0.25, 0.3) is 5.91 Å². The maximum absolute atomic E-state index is 12.5. The van der Waals surface area contributed by atoms with Crippen LogP contribution >= 0.6 is 0 Å². The van der Waals surface area contributed by atoms with E-state index in [-0.39, 0.29) is 12.5 Å². The number of benzene rings is 1. The van der Waals surface area contributed by atoms with Crippen molar-refractivity contribution in [2.24, 2.45) is 5.92 Å². The van der Waals surface area contributed by atoms with Gasteiger partial charge in [-0.05, 0) is 31.4 Å². The van der Waals surface area contributed by atoms with Crippen molar-refractivity contribution >= 4 is 11.9 Å². The zero-order valence-electron chi connectivity index (χ0n) is 12.2. The molecule has 1 unspecified atom stereocenters. The summed E-state index contributed by atoms with van der Waals surface area (Å²) in [6, 6.07) is 9.22. The molecule has 2 rings (SSSR count). The third-order valence-electron chi connectivity index (χ3n) is 3.75. The van der Waals surface area contributed by atoms with E-state index >= 15 is 0 Å². The first-order chi connectivity index (χ1) is 10.1. The number of ether oxygens (including phenoxy) is 1. The summed E-state index contributed by atoms with van der Waals surface area (Å²) in [5, 5.41) is 9.10. The molecule has 0 aromatic heterocycles. The van der Waals surface area contributed by atoms with Gasteiger partial charge < -0.3 is 14.7 Å². The Bertz CT molecular complexity index is 488. The zero-order valence-corrected chi connectivity index (χ0v) is 12.2. The molecular weight excluding hydrogens is 270 g/mol. The van der Waals surface area contributed by atoms with Gasteiger partial charge in [-0.25, -0.2) is 0 Å². The Kier molecular flexibility index (Phi) is 5.20. The van der Waals surface area contributed by atoms with Crippen molar-refractivity contribution in [3.8, 4) is 5.75 Å². The first kappa shape index (κ1) is 15.4.